The number of halogens is 1. The molecule has 1 fully saturated rings. The summed E-state index contributed by atoms with van der Waals surface area (Å²) in [4.78, 5) is 6.82. The molecule has 0 N–H and O–H groups in total. The monoisotopic (exact) mass is 410 g/mol. The number of ether oxygens (including phenoxy) is 2. The lowest BCUT2D eigenvalue weighted by Gasteiger charge is -2.24. The topological polar surface area (TPSA) is 51.9 Å². The molecule has 3 aromatic rings. The Morgan fingerprint density at radius 1 is 1.10 bits per heavy atom. The summed E-state index contributed by atoms with van der Waals surface area (Å²) in [6.07, 6.45) is 3.73. The molecule has 2 aromatic carbocycles. The van der Waals surface area contributed by atoms with Gasteiger partial charge in [-0.3, -0.25) is 0 Å². The van der Waals surface area contributed by atoms with E-state index in [9.17, 15) is 0 Å². The van der Waals surface area contributed by atoms with Crippen molar-refractivity contribution >= 4 is 23.6 Å². The van der Waals surface area contributed by atoms with Crippen LogP contribution >= 0.6 is 11.6 Å². The Morgan fingerprint density at radius 2 is 1.90 bits per heavy atom. The number of hydrogen-bond acceptors (Lipinski definition) is 4. The minimum absolute atomic E-state index is 0.511. The van der Waals surface area contributed by atoms with E-state index in [4.69, 9.17) is 21.1 Å². The van der Waals surface area contributed by atoms with Crippen LogP contribution in [0.3, 0.4) is 0 Å². The van der Waals surface area contributed by atoms with Crippen LogP contribution in [0.2, 0.25) is 5.02 Å². The van der Waals surface area contributed by atoms with Gasteiger partial charge < -0.3 is 14.4 Å². The van der Waals surface area contributed by atoms with Crippen LogP contribution < -0.4 is 4.74 Å². The van der Waals surface area contributed by atoms with Crippen molar-refractivity contribution < 1.29 is 9.47 Å². The predicted octanol–water partition coefficient (Wildman–Crippen LogP) is 4.93. The van der Waals surface area contributed by atoms with Crippen molar-refractivity contribution in [3.8, 4) is 17.3 Å². The second kappa shape index (κ2) is 8.68. The Bertz CT molecular complexity index is 1030. The minimum atomic E-state index is 0.511. The molecule has 0 aliphatic carbocycles. The highest BCUT2D eigenvalue weighted by atomic mass is 35.5. The van der Waals surface area contributed by atoms with Gasteiger partial charge in [0.05, 0.1) is 35.9 Å². The molecule has 6 nitrogen and oxygen atoms in total. The molecule has 0 spiro atoms. The van der Waals surface area contributed by atoms with Gasteiger partial charge in [0.1, 0.15) is 5.75 Å². The second-order valence-electron chi connectivity index (χ2n) is 6.95. The van der Waals surface area contributed by atoms with Crippen molar-refractivity contribution in [3.63, 3.8) is 0 Å². The summed E-state index contributed by atoms with van der Waals surface area (Å²) in [6, 6.07) is 13.4. The lowest BCUT2D eigenvalue weighted by molar-refractivity contribution is 0.0701. The van der Waals surface area contributed by atoms with Gasteiger partial charge in [0, 0.05) is 25.4 Å². The number of benzene rings is 2. The first kappa shape index (κ1) is 19.5. The first-order chi connectivity index (χ1) is 14.1. The number of rotatable bonds is 5. The molecule has 0 atom stereocenters. The molecule has 0 bridgehead atoms. The van der Waals surface area contributed by atoms with E-state index in [0.717, 1.165) is 54.6 Å². The van der Waals surface area contributed by atoms with Crippen molar-refractivity contribution in [1.29, 1.82) is 0 Å². The third kappa shape index (κ3) is 4.60. The molecule has 150 valence electrons. The van der Waals surface area contributed by atoms with Crippen molar-refractivity contribution in [2.24, 2.45) is 4.99 Å². The van der Waals surface area contributed by atoms with Crippen molar-refractivity contribution in [2.75, 3.05) is 26.3 Å². The normalized spacial score (nSPS) is 14.5. The Morgan fingerprint density at radius 3 is 2.69 bits per heavy atom. The van der Waals surface area contributed by atoms with Crippen LogP contribution in [0, 0.1) is 13.8 Å². The van der Waals surface area contributed by atoms with Crippen LogP contribution in [-0.2, 0) is 4.74 Å². The number of morpholine rings is 1. The lowest BCUT2D eigenvalue weighted by Crippen LogP contribution is -2.35. The number of hydrogen-bond donors (Lipinski definition) is 0. The zero-order valence-electron chi connectivity index (χ0n) is 16.5. The van der Waals surface area contributed by atoms with Crippen LogP contribution in [0.5, 0.6) is 11.6 Å². The molecule has 0 unspecified atom stereocenters. The third-order valence-corrected chi connectivity index (χ3v) is 5.10. The van der Waals surface area contributed by atoms with Crippen LogP contribution in [0.25, 0.3) is 5.69 Å². The Hall–Kier alpha value is -2.83. The maximum Gasteiger partial charge on any atom is 0.238 e. The van der Waals surface area contributed by atoms with E-state index in [2.05, 4.69) is 15.0 Å². The highest BCUT2D eigenvalue weighted by Crippen LogP contribution is 2.31. The predicted molar refractivity (Wildman–Crippen MR) is 115 cm³/mol. The van der Waals surface area contributed by atoms with Gasteiger partial charge in [-0.25, -0.2) is 9.67 Å². The summed E-state index contributed by atoms with van der Waals surface area (Å²) in [6.45, 7) is 7.27. The van der Waals surface area contributed by atoms with Crippen LogP contribution in [0.4, 0.5) is 5.69 Å². The smallest absolute Gasteiger partial charge is 0.238 e. The SMILES string of the molecule is Cc1cc(Oc2ccn(-c3ccccc3Cl)n2)c(C)cc1N=CN1CCOCC1. The fourth-order valence-electron chi connectivity index (χ4n) is 3.11. The molecule has 1 aromatic heterocycles. The second-order valence-corrected chi connectivity index (χ2v) is 7.36. The molecule has 7 heteroatoms. The van der Waals surface area contributed by atoms with Gasteiger partial charge in [0.15, 0.2) is 0 Å². The largest absolute Gasteiger partial charge is 0.437 e. The molecule has 0 saturated carbocycles. The van der Waals surface area contributed by atoms with Gasteiger partial charge in [-0.05, 0) is 49.2 Å². The molecular formula is C22H23ClN4O2. The van der Waals surface area contributed by atoms with Gasteiger partial charge in [0.2, 0.25) is 5.88 Å². The third-order valence-electron chi connectivity index (χ3n) is 4.78. The molecule has 1 aliphatic rings. The van der Waals surface area contributed by atoms with Gasteiger partial charge >= 0.3 is 0 Å². The molecular weight excluding hydrogens is 388 g/mol. The van der Waals surface area contributed by atoms with Crippen LogP contribution in [0.1, 0.15) is 11.1 Å². The van der Waals surface area contributed by atoms with Gasteiger partial charge in [-0.1, -0.05) is 23.7 Å². The van der Waals surface area contributed by atoms with Crippen LogP contribution in [-0.4, -0.2) is 47.3 Å². The fraction of sp³-hybridized carbons (Fsp3) is 0.273. The Balaban J connectivity index is 1.50. The maximum atomic E-state index is 6.25. The minimum Gasteiger partial charge on any atom is -0.437 e. The molecule has 0 radical (unpaired) electrons. The first-order valence-corrected chi connectivity index (χ1v) is 9.93. The average molecular weight is 411 g/mol. The standard InChI is InChI=1S/C22H23ClN4O2/c1-16-14-21(17(2)13-19(16)24-15-26-9-11-28-12-10-26)29-22-7-8-27(25-22)20-6-4-3-5-18(20)23/h3-8,13-15H,9-12H2,1-2H3. The van der Waals surface area contributed by atoms with Gasteiger partial charge in [-0.15, -0.1) is 5.10 Å². The maximum absolute atomic E-state index is 6.25. The van der Waals surface area contributed by atoms with Crippen molar-refractivity contribution in [2.45, 2.75) is 13.8 Å². The van der Waals surface area contributed by atoms with Crippen molar-refractivity contribution in [1.82, 2.24) is 14.7 Å². The summed E-state index contributed by atoms with van der Waals surface area (Å²) in [7, 11) is 0. The van der Waals surface area contributed by atoms with Gasteiger partial charge in [-0.2, -0.15) is 0 Å². The van der Waals surface area contributed by atoms with E-state index < -0.39 is 0 Å². The molecule has 29 heavy (non-hydrogen) atoms. The number of aliphatic imine (C=N–C) groups is 1. The number of aryl methyl sites for hydroxylation is 2. The van der Waals surface area contributed by atoms with E-state index in [1.54, 1.807) is 4.68 Å². The molecule has 4 rings (SSSR count). The number of aromatic nitrogens is 2. The summed E-state index contributed by atoms with van der Waals surface area (Å²) in [5.74, 6) is 1.27. The van der Waals surface area contributed by atoms with E-state index in [1.165, 1.54) is 0 Å². The summed E-state index contributed by atoms with van der Waals surface area (Å²) >= 11 is 6.25. The fourth-order valence-corrected chi connectivity index (χ4v) is 3.33. The molecule has 1 aliphatic heterocycles. The summed E-state index contributed by atoms with van der Waals surface area (Å²) < 4.78 is 13.1. The summed E-state index contributed by atoms with van der Waals surface area (Å²) in [5.41, 5.74) is 3.78. The highest BCUT2D eigenvalue weighted by Gasteiger charge is 2.11. The van der Waals surface area contributed by atoms with Crippen LogP contribution in [0.15, 0.2) is 53.7 Å². The highest BCUT2D eigenvalue weighted by molar-refractivity contribution is 6.32. The molecule has 2 heterocycles. The quantitative estimate of drug-likeness (QED) is 0.442. The van der Waals surface area contributed by atoms with E-state index in [0.29, 0.717) is 10.9 Å². The Labute approximate surface area is 175 Å². The van der Waals surface area contributed by atoms with Gasteiger partial charge in [0.25, 0.3) is 0 Å². The first-order valence-electron chi connectivity index (χ1n) is 9.56. The zero-order chi connectivity index (χ0) is 20.2. The number of para-hydroxylation sites is 1. The zero-order valence-corrected chi connectivity index (χ0v) is 17.3. The molecule has 0 amide bonds. The number of nitrogens with zero attached hydrogens (tertiary/aromatic N) is 4. The summed E-state index contributed by atoms with van der Waals surface area (Å²) in [5, 5.41) is 5.13. The lowest BCUT2D eigenvalue weighted by atomic mass is 10.1. The van der Waals surface area contributed by atoms with E-state index in [1.807, 2.05) is 68.8 Å². The van der Waals surface area contributed by atoms with E-state index >= 15 is 0 Å². The van der Waals surface area contributed by atoms with Crippen molar-refractivity contribution in [3.05, 3.63) is 64.8 Å². The average Bonchev–Trinajstić information content (AvgIpc) is 3.19. The molecule has 1 saturated heterocycles. The van der Waals surface area contributed by atoms with E-state index in [-0.39, 0.29) is 0 Å². The Kier molecular flexibility index (Phi) is 5.83.